The number of rotatable bonds is 5. The highest BCUT2D eigenvalue weighted by Crippen LogP contribution is 2.10. The van der Waals surface area contributed by atoms with Crippen LogP contribution in [0.5, 0.6) is 0 Å². The van der Waals surface area contributed by atoms with Crippen molar-refractivity contribution in [3.05, 3.63) is 35.4 Å². The standard InChI is InChI=1S/C18H27F2N5O/c1-13(2)23-17(26)12-24-6-8-25(9-7-24)18(21-3)22-11-14-10-15(19)4-5-16(14)20/h4-5,10,13H,6-9,11-12H2,1-3H3,(H,21,22)(H,23,26). The van der Waals surface area contributed by atoms with Gasteiger partial charge in [0.15, 0.2) is 5.96 Å². The number of aliphatic imine (C=N–C) groups is 1. The fraction of sp³-hybridized carbons (Fsp3) is 0.556. The molecule has 0 aliphatic carbocycles. The zero-order valence-electron chi connectivity index (χ0n) is 15.6. The lowest BCUT2D eigenvalue weighted by molar-refractivity contribution is -0.123. The van der Waals surface area contributed by atoms with E-state index >= 15 is 0 Å². The van der Waals surface area contributed by atoms with Gasteiger partial charge in [-0.2, -0.15) is 0 Å². The van der Waals surface area contributed by atoms with Crippen molar-refractivity contribution in [3.63, 3.8) is 0 Å². The fourth-order valence-corrected chi connectivity index (χ4v) is 2.87. The number of nitrogens with zero attached hydrogens (tertiary/aromatic N) is 3. The van der Waals surface area contributed by atoms with Gasteiger partial charge in [0.05, 0.1) is 6.54 Å². The van der Waals surface area contributed by atoms with Gasteiger partial charge < -0.3 is 15.5 Å². The number of guanidine groups is 1. The molecule has 1 aromatic rings. The predicted molar refractivity (Wildman–Crippen MR) is 97.8 cm³/mol. The largest absolute Gasteiger partial charge is 0.353 e. The highest BCUT2D eigenvalue weighted by Gasteiger charge is 2.21. The first-order valence-corrected chi connectivity index (χ1v) is 8.80. The molecule has 0 aromatic heterocycles. The van der Waals surface area contributed by atoms with Crippen LogP contribution < -0.4 is 10.6 Å². The summed E-state index contributed by atoms with van der Waals surface area (Å²) in [6.45, 7) is 7.31. The Balaban J connectivity index is 1.83. The second-order valence-corrected chi connectivity index (χ2v) is 6.62. The van der Waals surface area contributed by atoms with E-state index in [1.807, 2.05) is 18.7 Å². The molecule has 0 atom stereocenters. The summed E-state index contributed by atoms with van der Waals surface area (Å²) in [6.07, 6.45) is 0. The highest BCUT2D eigenvalue weighted by atomic mass is 19.1. The lowest BCUT2D eigenvalue weighted by Crippen LogP contribution is -2.54. The van der Waals surface area contributed by atoms with Gasteiger partial charge in [0, 0.05) is 51.4 Å². The third kappa shape index (κ3) is 5.94. The molecule has 6 nitrogen and oxygen atoms in total. The quantitative estimate of drug-likeness (QED) is 0.606. The molecule has 1 fully saturated rings. The molecule has 0 unspecified atom stereocenters. The van der Waals surface area contributed by atoms with Gasteiger partial charge in [-0.3, -0.25) is 14.7 Å². The Bertz CT molecular complexity index is 642. The molecular formula is C18H27F2N5O. The van der Waals surface area contributed by atoms with Crippen molar-refractivity contribution in [1.29, 1.82) is 0 Å². The monoisotopic (exact) mass is 367 g/mol. The molecule has 0 radical (unpaired) electrons. The van der Waals surface area contributed by atoms with Gasteiger partial charge in [0.25, 0.3) is 0 Å². The summed E-state index contributed by atoms with van der Waals surface area (Å²) in [5.74, 6) is -0.251. The van der Waals surface area contributed by atoms with Gasteiger partial charge in [-0.15, -0.1) is 0 Å². The second kappa shape index (κ2) is 9.47. The Morgan fingerprint density at radius 2 is 1.92 bits per heavy atom. The number of halogens is 2. The molecule has 1 saturated heterocycles. The first-order valence-electron chi connectivity index (χ1n) is 8.80. The zero-order chi connectivity index (χ0) is 19.1. The van der Waals surface area contributed by atoms with Crippen molar-refractivity contribution in [3.8, 4) is 0 Å². The van der Waals surface area contributed by atoms with Gasteiger partial charge in [0.2, 0.25) is 5.91 Å². The van der Waals surface area contributed by atoms with E-state index in [1.165, 1.54) is 6.07 Å². The van der Waals surface area contributed by atoms with Crippen molar-refractivity contribution in [2.45, 2.75) is 26.4 Å². The van der Waals surface area contributed by atoms with E-state index in [2.05, 4.69) is 20.5 Å². The Kier molecular flexibility index (Phi) is 7.32. The summed E-state index contributed by atoms with van der Waals surface area (Å²) in [5.41, 5.74) is 0.259. The number of amides is 1. The molecule has 26 heavy (non-hydrogen) atoms. The molecular weight excluding hydrogens is 340 g/mol. The van der Waals surface area contributed by atoms with E-state index in [0.717, 1.165) is 25.2 Å². The van der Waals surface area contributed by atoms with Crippen LogP contribution in [0.2, 0.25) is 0 Å². The van der Waals surface area contributed by atoms with Gasteiger partial charge >= 0.3 is 0 Å². The minimum atomic E-state index is -0.466. The number of nitrogens with one attached hydrogen (secondary N) is 2. The summed E-state index contributed by atoms with van der Waals surface area (Å²) in [6, 6.07) is 3.54. The smallest absolute Gasteiger partial charge is 0.234 e. The molecule has 8 heteroatoms. The molecule has 144 valence electrons. The molecule has 1 heterocycles. The van der Waals surface area contributed by atoms with E-state index in [4.69, 9.17) is 0 Å². The van der Waals surface area contributed by atoms with E-state index < -0.39 is 11.6 Å². The minimum absolute atomic E-state index is 0.0255. The number of hydrogen-bond donors (Lipinski definition) is 2. The molecule has 0 spiro atoms. The number of piperazine rings is 1. The summed E-state index contributed by atoms with van der Waals surface area (Å²) in [5, 5.41) is 5.96. The topological polar surface area (TPSA) is 60.0 Å². The average Bonchev–Trinajstić information content (AvgIpc) is 2.59. The van der Waals surface area contributed by atoms with E-state index in [9.17, 15) is 13.6 Å². The van der Waals surface area contributed by atoms with Crippen molar-refractivity contribution >= 4 is 11.9 Å². The lowest BCUT2D eigenvalue weighted by Gasteiger charge is -2.36. The van der Waals surface area contributed by atoms with Gasteiger partial charge in [-0.1, -0.05) is 0 Å². The van der Waals surface area contributed by atoms with Crippen LogP contribution in [0.4, 0.5) is 8.78 Å². The number of carbonyl (C=O) groups is 1. The average molecular weight is 367 g/mol. The minimum Gasteiger partial charge on any atom is -0.353 e. The maximum atomic E-state index is 13.7. The number of hydrogen-bond acceptors (Lipinski definition) is 3. The van der Waals surface area contributed by atoms with Crippen molar-refractivity contribution in [1.82, 2.24) is 20.4 Å². The van der Waals surface area contributed by atoms with Crippen LogP contribution in [0.25, 0.3) is 0 Å². The normalized spacial score (nSPS) is 16.1. The molecule has 1 aromatic carbocycles. The Hall–Kier alpha value is -2.22. The first kappa shape index (κ1) is 20.1. The van der Waals surface area contributed by atoms with Crippen LogP contribution in [-0.2, 0) is 11.3 Å². The van der Waals surface area contributed by atoms with Crippen LogP contribution in [0.15, 0.2) is 23.2 Å². The van der Waals surface area contributed by atoms with Crippen LogP contribution in [0, 0.1) is 11.6 Å². The SMILES string of the molecule is CN=C(NCc1cc(F)ccc1F)N1CCN(CC(=O)NC(C)C)CC1. The fourth-order valence-electron chi connectivity index (χ4n) is 2.87. The second-order valence-electron chi connectivity index (χ2n) is 6.62. The number of benzene rings is 1. The number of carbonyl (C=O) groups excluding carboxylic acids is 1. The van der Waals surface area contributed by atoms with Gasteiger partial charge in [-0.05, 0) is 32.0 Å². The predicted octanol–water partition coefficient (Wildman–Crippen LogP) is 1.18. The van der Waals surface area contributed by atoms with Crippen LogP contribution in [-0.4, -0.2) is 67.5 Å². The summed E-state index contributed by atoms with van der Waals surface area (Å²) in [7, 11) is 1.66. The third-order valence-corrected chi connectivity index (χ3v) is 4.15. The van der Waals surface area contributed by atoms with E-state index in [1.54, 1.807) is 7.05 Å². The van der Waals surface area contributed by atoms with Crippen molar-refractivity contribution in [2.75, 3.05) is 39.8 Å². The summed E-state index contributed by atoms with van der Waals surface area (Å²) >= 11 is 0. The lowest BCUT2D eigenvalue weighted by atomic mass is 10.2. The van der Waals surface area contributed by atoms with Crippen LogP contribution in [0.1, 0.15) is 19.4 Å². The molecule has 1 amide bonds. The Labute approximate surface area is 153 Å². The van der Waals surface area contributed by atoms with Crippen LogP contribution in [0.3, 0.4) is 0 Å². The Morgan fingerprint density at radius 1 is 1.23 bits per heavy atom. The maximum absolute atomic E-state index is 13.7. The van der Waals surface area contributed by atoms with Crippen molar-refractivity contribution in [2.24, 2.45) is 4.99 Å². The molecule has 2 rings (SSSR count). The Morgan fingerprint density at radius 3 is 2.54 bits per heavy atom. The van der Waals surface area contributed by atoms with Gasteiger partial charge in [0.1, 0.15) is 11.6 Å². The molecule has 0 bridgehead atoms. The van der Waals surface area contributed by atoms with E-state index in [0.29, 0.717) is 25.6 Å². The summed E-state index contributed by atoms with van der Waals surface area (Å²) in [4.78, 5) is 20.2. The third-order valence-electron chi connectivity index (χ3n) is 4.15. The van der Waals surface area contributed by atoms with E-state index in [-0.39, 0.29) is 24.1 Å². The molecule has 1 aliphatic heterocycles. The maximum Gasteiger partial charge on any atom is 0.234 e. The molecule has 2 N–H and O–H groups in total. The zero-order valence-corrected chi connectivity index (χ0v) is 15.6. The molecule has 0 saturated carbocycles. The van der Waals surface area contributed by atoms with Crippen LogP contribution >= 0.6 is 0 Å². The summed E-state index contributed by atoms with van der Waals surface area (Å²) < 4.78 is 27.0. The highest BCUT2D eigenvalue weighted by molar-refractivity contribution is 5.80. The molecule has 1 aliphatic rings. The van der Waals surface area contributed by atoms with Crippen molar-refractivity contribution < 1.29 is 13.6 Å². The van der Waals surface area contributed by atoms with Gasteiger partial charge in [-0.25, -0.2) is 8.78 Å². The first-order chi connectivity index (χ1) is 12.4.